The summed E-state index contributed by atoms with van der Waals surface area (Å²) in [4.78, 5) is 4.66. The second kappa shape index (κ2) is 4.84. The van der Waals surface area contributed by atoms with Gasteiger partial charge in [-0.3, -0.25) is 0 Å². The average molecular weight is 306 g/mol. The molecular formula is C14H16BrN3. The number of hydrogen-bond donors (Lipinski definition) is 0. The smallest absolute Gasteiger partial charge is 0.155 e. The predicted octanol–water partition coefficient (Wildman–Crippen LogP) is 3.53. The van der Waals surface area contributed by atoms with Gasteiger partial charge in [-0.15, -0.1) is 0 Å². The second-order valence-electron chi connectivity index (χ2n) is 4.94. The molecule has 0 aliphatic carbocycles. The molecule has 0 saturated carbocycles. The Morgan fingerprint density at radius 1 is 1.44 bits per heavy atom. The molecule has 0 radical (unpaired) electrons. The third-order valence-corrected chi connectivity index (χ3v) is 3.93. The van der Waals surface area contributed by atoms with Crippen molar-refractivity contribution >= 4 is 15.9 Å². The quantitative estimate of drug-likeness (QED) is 0.850. The molecule has 0 fully saturated rings. The van der Waals surface area contributed by atoms with Gasteiger partial charge in [-0.1, -0.05) is 28.1 Å². The Kier molecular flexibility index (Phi) is 3.20. The summed E-state index contributed by atoms with van der Waals surface area (Å²) in [5.41, 5.74) is 1.25. The number of hydrogen-bond acceptors (Lipinski definition) is 2. The van der Waals surface area contributed by atoms with E-state index < -0.39 is 0 Å². The van der Waals surface area contributed by atoms with E-state index in [9.17, 15) is 0 Å². The van der Waals surface area contributed by atoms with Crippen molar-refractivity contribution in [2.24, 2.45) is 0 Å². The first kappa shape index (κ1) is 11.9. The fourth-order valence-electron chi connectivity index (χ4n) is 2.51. The van der Waals surface area contributed by atoms with E-state index >= 15 is 0 Å². The van der Waals surface area contributed by atoms with Gasteiger partial charge in [-0.05, 0) is 37.5 Å². The molecule has 2 heterocycles. The van der Waals surface area contributed by atoms with E-state index in [2.05, 4.69) is 55.8 Å². The van der Waals surface area contributed by atoms with E-state index in [1.165, 1.54) is 18.4 Å². The highest BCUT2D eigenvalue weighted by Crippen LogP contribution is 2.23. The topological polar surface area (TPSA) is 30.7 Å². The molecule has 1 aliphatic heterocycles. The maximum Gasteiger partial charge on any atom is 0.155 e. The molecule has 1 aromatic carbocycles. The monoisotopic (exact) mass is 305 g/mol. The van der Waals surface area contributed by atoms with Crippen LogP contribution in [0, 0.1) is 0 Å². The third kappa shape index (κ3) is 2.34. The molecule has 1 aliphatic rings. The normalized spacial score (nSPS) is 18.7. The summed E-state index contributed by atoms with van der Waals surface area (Å²) in [6, 6.07) is 8.84. The van der Waals surface area contributed by atoms with Gasteiger partial charge in [-0.2, -0.15) is 5.10 Å². The Bertz CT molecular complexity index is 562. The molecule has 0 N–H and O–H groups in total. The first-order valence-electron chi connectivity index (χ1n) is 6.41. The zero-order valence-corrected chi connectivity index (χ0v) is 12.0. The van der Waals surface area contributed by atoms with Crippen molar-refractivity contribution in [2.75, 3.05) is 0 Å². The van der Waals surface area contributed by atoms with Crippen LogP contribution in [0.25, 0.3) is 0 Å². The highest BCUT2D eigenvalue weighted by atomic mass is 79.9. The van der Waals surface area contributed by atoms with Gasteiger partial charge in [0.15, 0.2) is 5.82 Å². The highest BCUT2D eigenvalue weighted by Gasteiger charge is 2.19. The van der Waals surface area contributed by atoms with Crippen molar-refractivity contribution < 1.29 is 0 Å². The fraction of sp³-hybridized carbons (Fsp3) is 0.429. The zero-order valence-electron chi connectivity index (χ0n) is 10.4. The number of nitrogens with zero attached hydrogens (tertiary/aromatic N) is 3. The summed E-state index contributed by atoms with van der Waals surface area (Å²) in [7, 11) is 0. The van der Waals surface area contributed by atoms with E-state index in [-0.39, 0.29) is 0 Å². The predicted molar refractivity (Wildman–Crippen MR) is 74.6 cm³/mol. The Balaban J connectivity index is 1.85. The summed E-state index contributed by atoms with van der Waals surface area (Å²) in [6.07, 6.45) is 4.32. The molecule has 1 aromatic heterocycles. The number of halogens is 1. The molecule has 1 atom stereocenters. The summed E-state index contributed by atoms with van der Waals surface area (Å²) >= 11 is 3.50. The first-order valence-corrected chi connectivity index (χ1v) is 7.20. The van der Waals surface area contributed by atoms with Crippen molar-refractivity contribution in [3.63, 3.8) is 0 Å². The van der Waals surface area contributed by atoms with Crippen LogP contribution in [0.1, 0.15) is 43.0 Å². The number of aryl methyl sites for hydroxylation is 1. The standard InChI is InChI=1S/C14H16BrN3/c1-10-4-2-7-14-16-13(17-18(10)14)9-11-5-3-6-12(15)8-11/h3,5-6,8,10H,2,4,7,9H2,1H3. The molecule has 0 saturated heterocycles. The van der Waals surface area contributed by atoms with Crippen LogP contribution in [-0.4, -0.2) is 14.8 Å². The number of fused-ring (bicyclic) bond motifs is 1. The lowest BCUT2D eigenvalue weighted by Gasteiger charge is -2.18. The van der Waals surface area contributed by atoms with Gasteiger partial charge < -0.3 is 0 Å². The molecule has 0 bridgehead atoms. The Morgan fingerprint density at radius 2 is 2.33 bits per heavy atom. The minimum atomic E-state index is 0.498. The lowest BCUT2D eigenvalue weighted by atomic mass is 10.1. The van der Waals surface area contributed by atoms with Crippen molar-refractivity contribution in [1.82, 2.24) is 14.8 Å². The van der Waals surface area contributed by atoms with Gasteiger partial charge in [0.25, 0.3) is 0 Å². The molecule has 0 amide bonds. The van der Waals surface area contributed by atoms with Crippen LogP contribution in [0.15, 0.2) is 28.7 Å². The van der Waals surface area contributed by atoms with Crippen LogP contribution in [0.4, 0.5) is 0 Å². The lowest BCUT2D eigenvalue weighted by molar-refractivity contribution is 0.387. The summed E-state index contributed by atoms with van der Waals surface area (Å²) < 4.78 is 3.22. The van der Waals surface area contributed by atoms with Gasteiger partial charge in [0, 0.05) is 17.3 Å². The first-order chi connectivity index (χ1) is 8.72. The van der Waals surface area contributed by atoms with Crippen LogP contribution in [-0.2, 0) is 12.8 Å². The van der Waals surface area contributed by atoms with Crippen LogP contribution in [0.5, 0.6) is 0 Å². The van der Waals surface area contributed by atoms with Gasteiger partial charge in [0.1, 0.15) is 5.82 Å². The SMILES string of the molecule is CC1CCCc2nc(Cc3cccc(Br)c3)nn21. The molecular weight excluding hydrogens is 290 g/mol. The minimum absolute atomic E-state index is 0.498. The molecule has 0 spiro atoms. The second-order valence-corrected chi connectivity index (χ2v) is 5.85. The fourth-order valence-corrected chi connectivity index (χ4v) is 2.96. The molecule has 3 rings (SSSR count). The summed E-state index contributed by atoms with van der Waals surface area (Å²) in [6.45, 7) is 2.22. The number of benzene rings is 1. The Hall–Kier alpha value is -1.16. The molecule has 2 aromatic rings. The maximum absolute atomic E-state index is 4.66. The van der Waals surface area contributed by atoms with E-state index in [4.69, 9.17) is 0 Å². The van der Waals surface area contributed by atoms with Crippen molar-refractivity contribution in [3.8, 4) is 0 Å². The maximum atomic E-state index is 4.66. The Morgan fingerprint density at radius 3 is 3.11 bits per heavy atom. The number of rotatable bonds is 2. The van der Waals surface area contributed by atoms with E-state index in [1.54, 1.807) is 0 Å². The highest BCUT2D eigenvalue weighted by molar-refractivity contribution is 9.10. The van der Waals surface area contributed by atoms with Gasteiger partial charge in [0.05, 0.1) is 6.04 Å². The largest absolute Gasteiger partial charge is 0.247 e. The lowest BCUT2D eigenvalue weighted by Crippen LogP contribution is -2.16. The summed E-state index contributed by atoms with van der Waals surface area (Å²) in [5, 5.41) is 4.65. The Labute approximate surface area is 115 Å². The zero-order chi connectivity index (χ0) is 12.5. The number of aromatic nitrogens is 3. The third-order valence-electron chi connectivity index (χ3n) is 3.44. The van der Waals surface area contributed by atoms with Crippen molar-refractivity contribution in [1.29, 1.82) is 0 Å². The van der Waals surface area contributed by atoms with E-state index in [0.717, 1.165) is 29.0 Å². The van der Waals surface area contributed by atoms with Gasteiger partial charge in [-0.25, -0.2) is 9.67 Å². The minimum Gasteiger partial charge on any atom is -0.247 e. The molecule has 4 heteroatoms. The summed E-state index contributed by atoms with van der Waals surface area (Å²) in [5.74, 6) is 2.09. The average Bonchev–Trinajstić information content (AvgIpc) is 2.73. The molecule has 3 nitrogen and oxygen atoms in total. The van der Waals surface area contributed by atoms with Crippen LogP contribution >= 0.6 is 15.9 Å². The van der Waals surface area contributed by atoms with Crippen molar-refractivity contribution in [3.05, 3.63) is 46.0 Å². The molecule has 94 valence electrons. The van der Waals surface area contributed by atoms with Gasteiger partial charge in [0.2, 0.25) is 0 Å². The molecule has 18 heavy (non-hydrogen) atoms. The van der Waals surface area contributed by atoms with Crippen LogP contribution < -0.4 is 0 Å². The van der Waals surface area contributed by atoms with E-state index in [1.807, 2.05) is 6.07 Å². The molecule has 1 unspecified atom stereocenters. The van der Waals surface area contributed by atoms with Gasteiger partial charge >= 0.3 is 0 Å². The van der Waals surface area contributed by atoms with E-state index in [0.29, 0.717) is 6.04 Å². The van der Waals surface area contributed by atoms with Crippen LogP contribution in [0.2, 0.25) is 0 Å². The van der Waals surface area contributed by atoms with Crippen LogP contribution in [0.3, 0.4) is 0 Å². The van der Waals surface area contributed by atoms with Crippen molar-refractivity contribution in [2.45, 2.75) is 38.6 Å².